The molecule has 0 fully saturated rings. The number of carbonyl (C=O) groups is 4. The number of benzene rings is 4. The van der Waals surface area contributed by atoms with Crippen molar-refractivity contribution in [3.63, 3.8) is 0 Å². The smallest absolute Gasteiger partial charge is 0.243 e. The zero-order valence-corrected chi connectivity index (χ0v) is 32.3. The van der Waals surface area contributed by atoms with Crippen LogP contribution in [0.25, 0.3) is 21.5 Å². The van der Waals surface area contributed by atoms with Crippen LogP contribution < -0.4 is 21.3 Å². The normalized spacial score (nSPS) is 13.9. The zero-order valence-electron chi connectivity index (χ0n) is 32.3. The summed E-state index contributed by atoms with van der Waals surface area (Å²) in [5.74, 6) is 4.37. The van der Waals surface area contributed by atoms with Crippen LogP contribution >= 0.6 is 0 Å². The molecule has 0 bridgehead atoms. The van der Waals surface area contributed by atoms with E-state index < -0.39 is 30.0 Å². The van der Waals surface area contributed by atoms with E-state index in [1.165, 1.54) is 6.92 Å². The number of hydrogen-bond acceptors (Lipinski definition) is 5. The van der Waals surface area contributed by atoms with E-state index in [9.17, 15) is 24.3 Å². The molecule has 0 saturated carbocycles. The van der Waals surface area contributed by atoms with Gasteiger partial charge in [-0.3, -0.25) is 19.2 Å². The van der Waals surface area contributed by atoms with Crippen molar-refractivity contribution in [1.82, 2.24) is 21.3 Å². The number of nitrogens with one attached hydrogen (secondary N) is 4. The Balaban J connectivity index is 1.61. The molecular formula is C45H56N4O5. The fourth-order valence-electron chi connectivity index (χ4n) is 6.49. The standard InChI is InChI=1S/C45H56N4O5/c1-6-31(4)29-47-43(52)28-42(51)41(24-30(2)3)49-45(54)40(20-11-12-23-46-32(5)50)48-44(53)38(26-33-21-22-34-14-7-8-16-36(34)25-33)27-37-18-13-17-35-15-9-10-19-39(35)37/h7-10,13-19,21-22,25,30-31,38,40-42,51H,6,20,23-24,26-29H2,1-5H3,(H,46,50)(H,47,52)(H,48,53)(H,49,54). The van der Waals surface area contributed by atoms with Gasteiger partial charge in [0.25, 0.3) is 0 Å². The molecule has 4 amide bonds. The third-order valence-corrected chi connectivity index (χ3v) is 9.76. The van der Waals surface area contributed by atoms with E-state index in [0.717, 1.165) is 39.1 Å². The van der Waals surface area contributed by atoms with E-state index in [1.807, 2.05) is 63.2 Å². The summed E-state index contributed by atoms with van der Waals surface area (Å²) in [4.78, 5) is 52.6. The van der Waals surface area contributed by atoms with Gasteiger partial charge in [0.1, 0.15) is 6.04 Å². The van der Waals surface area contributed by atoms with Crippen LogP contribution in [0.2, 0.25) is 0 Å². The first-order chi connectivity index (χ1) is 25.9. The third kappa shape index (κ3) is 13.0. The lowest BCUT2D eigenvalue weighted by atomic mass is 9.88. The molecular weight excluding hydrogens is 677 g/mol. The van der Waals surface area contributed by atoms with Crippen LogP contribution in [0.5, 0.6) is 0 Å². The predicted molar refractivity (Wildman–Crippen MR) is 216 cm³/mol. The van der Waals surface area contributed by atoms with Gasteiger partial charge < -0.3 is 26.4 Å². The molecule has 286 valence electrons. The molecule has 5 N–H and O–H groups in total. The molecule has 5 unspecified atom stereocenters. The van der Waals surface area contributed by atoms with Crippen LogP contribution in [0.1, 0.15) is 71.4 Å². The number of rotatable bonds is 18. The monoisotopic (exact) mass is 732 g/mol. The summed E-state index contributed by atoms with van der Waals surface area (Å²) in [6.45, 7) is 10.1. The highest BCUT2D eigenvalue weighted by Crippen LogP contribution is 2.25. The number of carbonyl (C=O) groups excluding carboxylic acids is 4. The van der Waals surface area contributed by atoms with Gasteiger partial charge in [0.2, 0.25) is 23.6 Å². The van der Waals surface area contributed by atoms with Gasteiger partial charge >= 0.3 is 0 Å². The number of aliphatic hydroxyl groups is 1. The Morgan fingerprint density at radius 2 is 1.46 bits per heavy atom. The Kier molecular flexibility index (Phi) is 16.1. The minimum atomic E-state index is -1.14. The van der Waals surface area contributed by atoms with Crippen molar-refractivity contribution >= 4 is 45.2 Å². The van der Waals surface area contributed by atoms with E-state index in [0.29, 0.717) is 31.7 Å². The highest BCUT2D eigenvalue weighted by atomic mass is 16.3. The van der Waals surface area contributed by atoms with Crippen molar-refractivity contribution < 1.29 is 24.3 Å². The van der Waals surface area contributed by atoms with Gasteiger partial charge in [-0.1, -0.05) is 131 Å². The van der Waals surface area contributed by atoms with Gasteiger partial charge in [0, 0.05) is 25.8 Å². The summed E-state index contributed by atoms with van der Waals surface area (Å²) in [6.07, 6.45) is 0.885. The lowest BCUT2D eigenvalue weighted by Gasteiger charge is -2.28. The van der Waals surface area contributed by atoms with Crippen molar-refractivity contribution in [3.05, 3.63) is 96.1 Å². The Labute approximate surface area is 320 Å². The van der Waals surface area contributed by atoms with Crippen molar-refractivity contribution in [2.75, 3.05) is 13.1 Å². The predicted octanol–water partition coefficient (Wildman–Crippen LogP) is 5.85. The summed E-state index contributed by atoms with van der Waals surface area (Å²) < 4.78 is 0. The Hall–Kier alpha value is -5.20. The minimum Gasteiger partial charge on any atom is -0.390 e. The zero-order chi connectivity index (χ0) is 39.0. The van der Waals surface area contributed by atoms with Crippen LogP contribution in [0.15, 0.2) is 84.9 Å². The summed E-state index contributed by atoms with van der Waals surface area (Å²) >= 11 is 0. The summed E-state index contributed by atoms with van der Waals surface area (Å²) in [5.41, 5.74) is 2.02. The second kappa shape index (κ2) is 20.9. The summed E-state index contributed by atoms with van der Waals surface area (Å²) in [7, 11) is 0. The number of fused-ring (bicyclic) bond motifs is 2. The van der Waals surface area contributed by atoms with Gasteiger partial charge in [-0.15, -0.1) is 0 Å². The lowest BCUT2D eigenvalue weighted by molar-refractivity contribution is -0.132. The van der Waals surface area contributed by atoms with E-state index in [4.69, 9.17) is 0 Å². The fraction of sp³-hybridized carbons (Fsp3) is 0.422. The van der Waals surface area contributed by atoms with Crippen LogP contribution in [-0.2, 0) is 32.0 Å². The first kappa shape index (κ1) is 41.6. The van der Waals surface area contributed by atoms with Crippen LogP contribution in [0.4, 0.5) is 0 Å². The lowest BCUT2D eigenvalue weighted by Crippen LogP contribution is -2.54. The van der Waals surface area contributed by atoms with Crippen LogP contribution in [0.3, 0.4) is 0 Å². The molecule has 0 spiro atoms. The second-order valence-corrected chi connectivity index (χ2v) is 14.8. The molecule has 0 radical (unpaired) electrons. The molecule has 0 aliphatic carbocycles. The van der Waals surface area contributed by atoms with Crippen molar-refractivity contribution in [1.29, 1.82) is 0 Å². The maximum Gasteiger partial charge on any atom is 0.243 e. The Bertz CT molecular complexity index is 1940. The van der Waals surface area contributed by atoms with Gasteiger partial charge in [-0.05, 0) is 63.8 Å². The quantitative estimate of drug-likeness (QED) is 0.0818. The largest absolute Gasteiger partial charge is 0.390 e. The molecule has 9 heteroatoms. The van der Waals surface area contributed by atoms with E-state index in [2.05, 4.69) is 82.5 Å². The highest BCUT2D eigenvalue weighted by Gasteiger charge is 2.30. The second-order valence-electron chi connectivity index (χ2n) is 14.8. The summed E-state index contributed by atoms with van der Waals surface area (Å²) in [5, 5.41) is 27.0. The molecule has 4 rings (SSSR count). The number of aliphatic hydroxyl groups excluding tert-OH is 1. The molecule has 4 aromatic rings. The molecule has 9 nitrogen and oxygen atoms in total. The average molecular weight is 733 g/mol. The van der Waals surface area contributed by atoms with Crippen molar-refractivity contribution in [2.24, 2.45) is 17.8 Å². The highest BCUT2D eigenvalue weighted by molar-refractivity contribution is 5.91. The van der Waals surface area contributed by atoms with Gasteiger partial charge in [0.05, 0.1) is 25.1 Å². The average Bonchev–Trinajstić information content (AvgIpc) is 3.15. The molecule has 0 saturated heterocycles. The van der Waals surface area contributed by atoms with Crippen LogP contribution in [-0.4, -0.2) is 60.0 Å². The molecule has 0 aromatic heterocycles. The van der Waals surface area contributed by atoms with Gasteiger partial charge in [-0.2, -0.15) is 0 Å². The molecule has 54 heavy (non-hydrogen) atoms. The first-order valence-electron chi connectivity index (χ1n) is 19.1. The number of hydrogen-bond donors (Lipinski definition) is 5. The van der Waals surface area contributed by atoms with Crippen molar-refractivity contribution in [3.8, 4) is 11.8 Å². The van der Waals surface area contributed by atoms with Gasteiger partial charge in [0.15, 0.2) is 0 Å². The topological polar surface area (TPSA) is 137 Å². The van der Waals surface area contributed by atoms with Crippen LogP contribution in [0, 0.1) is 29.6 Å². The SMILES string of the molecule is CCC(C)CNC(=O)CC(O)C(CC(C)C)NC(=O)C(CC#CCNC(C)=O)NC(=O)C(Cc1ccc2ccccc2c1)Cc1cccc2ccccc12. The first-order valence-corrected chi connectivity index (χ1v) is 19.1. The molecule has 0 aliphatic heterocycles. The Morgan fingerprint density at radius 1 is 0.759 bits per heavy atom. The third-order valence-electron chi connectivity index (χ3n) is 9.76. The Morgan fingerprint density at radius 3 is 2.19 bits per heavy atom. The molecule has 0 heterocycles. The van der Waals surface area contributed by atoms with Gasteiger partial charge in [-0.25, -0.2) is 0 Å². The van der Waals surface area contributed by atoms with E-state index in [1.54, 1.807) is 0 Å². The van der Waals surface area contributed by atoms with E-state index in [-0.39, 0.29) is 43.0 Å². The number of amides is 4. The molecule has 5 atom stereocenters. The fourth-order valence-corrected chi connectivity index (χ4v) is 6.49. The van der Waals surface area contributed by atoms with Crippen molar-refractivity contribution in [2.45, 2.75) is 91.3 Å². The van der Waals surface area contributed by atoms with E-state index >= 15 is 0 Å². The molecule has 4 aromatic carbocycles. The minimum absolute atomic E-state index is 0.0198. The maximum atomic E-state index is 14.4. The summed E-state index contributed by atoms with van der Waals surface area (Å²) in [6, 6.07) is 26.7. The molecule has 0 aliphatic rings. The maximum absolute atomic E-state index is 14.4.